The van der Waals surface area contributed by atoms with Crippen molar-refractivity contribution in [2.45, 2.75) is 43.9 Å². The van der Waals surface area contributed by atoms with Crippen molar-refractivity contribution in [3.63, 3.8) is 0 Å². The van der Waals surface area contributed by atoms with Crippen molar-refractivity contribution >= 4 is 29.0 Å². The van der Waals surface area contributed by atoms with Gasteiger partial charge in [-0.15, -0.1) is 11.3 Å². The van der Waals surface area contributed by atoms with Crippen LogP contribution in [0.15, 0.2) is 5.38 Å². The van der Waals surface area contributed by atoms with E-state index in [2.05, 4.69) is 21.8 Å². The fourth-order valence-electron chi connectivity index (χ4n) is 1.94. The highest BCUT2D eigenvalue weighted by Gasteiger charge is 2.38. The Morgan fingerprint density at radius 1 is 1.68 bits per heavy atom. The summed E-state index contributed by atoms with van der Waals surface area (Å²) in [7, 11) is 0. The lowest BCUT2D eigenvalue weighted by Crippen LogP contribution is -2.52. The first-order valence-electron chi connectivity index (χ1n) is 6.35. The highest BCUT2D eigenvalue weighted by molar-refractivity contribution is 7.98. The molecule has 1 heterocycles. The predicted molar refractivity (Wildman–Crippen MR) is 78.0 cm³/mol. The van der Waals surface area contributed by atoms with Gasteiger partial charge in [-0.1, -0.05) is 0 Å². The maximum atomic E-state index is 11.7. The number of hydrogen-bond donors (Lipinski definition) is 1. The second kappa shape index (κ2) is 6.40. The number of nitrogens with zero attached hydrogens (tertiary/aromatic N) is 2. The van der Waals surface area contributed by atoms with Gasteiger partial charge in [-0.2, -0.15) is 17.0 Å². The average molecular weight is 295 g/mol. The third-order valence-corrected chi connectivity index (χ3v) is 5.00. The number of amides is 1. The molecule has 6 heteroatoms. The molecule has 1 saturated carbocycles. The summed E-state index contributed by atoms with van der Waals surface area (Å²) in [5, 5.41) is 15.0. The zero-order valence-corrected chi connectivity index (χ0v) is 12.6. The molecule has 0 aromatic carbocycles. The Hall–Kier alpha value is -1.06. The molecule has 4 nitrogen and oxygen atoms in total. The van der Waals surface area contributed by atoms with Crippen LogP contribution in [0, 0.1) is 18.3 Å². The summed E-state index contributed by atoms with van der Waals surface area (Å²) < 4.78 is 0. The van der Waals surface area contributed by atoms with Crippen LogP contribution >= 0.6 is 23.1 Å². The molecule has 102 valence electrons. The van der Waals surface area contributed by atoms with Crippen LogP contribution in [-0.2, 0) is 10.5 Å². The monoisotopic (exact) mass is 295 g/mol. The number of aryl methyl sites for hydroxylation is 1. The van der Waals surface area contributed by atoms with Crippen LogP contribution in [0.2, 0.25) is 0 Å². The molecule has 0 spiro atoms. The summed E-state index contributed by atoms with van der Waals surface area (Å²) in [6, 6.07) is 2.22. The number of rotatable bonds is 6. The predicted octanol–water partition coefficient (Wildman–Crippen LogP) is 2.64. The lowest BCUT2D eigenvalue weighted by Gasteiger charge is -2.35. The Labute approximate surface area is 121 Å². The number of carbonyl (C=O) groups is 1. The zero-order chi connectivity index (χ0) is 13.7. The maximum Gasteiger partial charge on any atom is 0.222 e. The highest BCUT2D eigenvalue weighted by Crippen LogP contribution is 2.31. The van der Waals surface area contributed by atoms with E-state index in [0.29, 0.717) is 6.42 Å². The van der Waals surface area contributed by atoms with Crippen molar-refractivity contribution in [3.05, 3.63) is 16.1 Å². The van der Waals surface area contributed by atoms with Gasteiger partial charge in [0.25, 0.3) is 0 Å². The van der Waals surface area contributed by atoms with Crippen LogP contribution in [0.25, 0.3) is 0 Å². The molecule has 1 N–H and O–H groups in total. The first kappa shape index (κ1) is 14.4. The maximum absolute atomic E-state index is 11.7. The Balaban J connectivity index is 1.63. The number of thiazole rings is 1. The Morgan fingerprint density at radius 2 is 2.47 bits per heavy atom. The van der Waals surface area contributed by atoms with Crippen molar-refractivity contribution in [2.75, 3.05) is 5.75 Å². The molecule has 1 aliphatic rings. The van der Waals surface area contributed by atoms with Gasteiger partial charge in [-0.05, 0) is 26.2 Å². The quantitative estimate of drug-likeness (QED) is 0.819. The topological polar surface area (TPSA) is 65.8 Å². The highest BCUT2D eigenvalue weighted by atomic mass is 32.2. The van der Waals surface area contributed by atoms with E-state index in [1.54, 1.807) is 23.1 Å². The lowest BCUT2D eigenvalue weighted by molar-refractivity contribution is -0.122. The number of thioether (sulfide) groups is 1. The molecular weight excluding hydrogens is 278 g/mol. The number of carbonyl (C=O) groups excluding carboxylic acids is 1. The number of nitriles is 1. The summed E-state index contributed by atoms with van der Waals surface area (Å²) in [5.41, 5.74) is 0.522. The van der Waals surface area contributed by atoms with Crippen LogP contribution < -0.4 is 5.32 Å². The van der Waals surface area contributed by atoms with E-state index in [1.807, 2.05) is 6.92 Å². The molecular formula is C13H17N3OS2. The summed E-state index contributed by atoms with van der Waals surface area (Å²) in [5.74, 6) is 1.61. The molecule has 1 amide bonds. The van der Waals surface area contributed by atoms with E-state index in [9.17, 15) is 4.79 Å². The van der Waals surface area contributed by atoms with Crippen LogP contribution in [0.5, 0.6) is 0 Å². The minimum absolute atomic E-state index is 0.0109. The minimum Gasteiger partial charge on any atom is -0.338 e. The van der Waals surface area contributed by atoms with Gasteiger partial charge in [0.1, 0.15) is 5.54 Å². The summed E-state index contributed by atoms with van der Waals surface area (Å²) in [4.78, 5) is 16.1. The van der Waals surface area contributed by atoms with E-state index in [1.165, 1.54) is 0 Å². The van der Waals surface area contributed by atoms with E-state index in [4.69, 9.17) is 5.26 Å². The summed E-state index contributed by atoms with van der Waals surface area (Å²) in [6.45, 7) is 1.99. The Morgan fingerprint density at radius 3 is 3.00 bits per heavy atom. The average Bonchev–Trinajstić information content (AvgIpc) is 2.75. The molecule has 1 aliphatic carbocycles. The van der Waals surface area contributed by atoms with Gasteiger partial charge >= 0.3 is 0 Å². The molecule has 0 bridgehead atoms. The van der Waals surface area contributed by atoms with Crippen molar-refractivity contribution in [2.24, 2.45) is 0 Å². The molecule has 0 radical (unpaired) electrons. The van der Waals surface area contributed by atoms with Crippen molar-refractivity contribution in [1.82, 2.24) is 10.3 Å². The summed E-state index contributed by atoms with van der Waals surface area (Å²) in [6.07, 6.45) is 3.09. The van der Waals surface area contributed by atoms with Gasteiger partial charge in [0.15, 0.2) is 0 Å². The smallest absolute Gasteiger partial charge is 0.222 e. The van der Waals surface area contributed by atoms with Gasteiger partial charge in [-0.3, -0.25) is 4.79 Å². The fraction of sp³-hybridized carbons (Fsp3) is 0.615. The second-order valence-electron chi connectivity index (χ2n) is 4.76. The first-order chi connectivity index (χ1) is 9.13. The fourth-order valence-corrected chi connectivity index (χ4v) is 3.49. The van der Waals surface area contributed by atoms with Gasteiger partial charge in [0, 0.05) is 23.3 Å². The molecule has 0 unspecified atom stereocenters. The zero-order valence-electron chi connectivity index (χ0n) is 10.9. The molecule has 0 atom stereocenters. The van der Waals surface area contributed by atoms with Gasteiger partial charge < -0.3 is 5.32 Å². The molecule has 0 saturated heterocycles. The van der Waals surface area contributed by atoms with E-state index in [0.717, 1.165) is 41.5 Å². The van der Waals surface area contributed by atoms with Crippen molar-refractivity contribution in [1.29, 1.82) is 5.26 Å². The van der Waals surface area contributed by atoms with Crippen LogP contribution in [0.1, 0.15) is 36.4 Å². The van der Waals surface area contributed by atoms with Gasteiger partial charge in [0.2, 0.25) is 5.91 Å². The van der Waals surface area contributed by atoms with E-state index >= 15 is 0 Å². The minimum atomic E-state index is -0.562. The molecule has 19 heavy (non-hydrogen) atoms. The molecule has 1 aromatic heterocycles. The normalized spacial score (nSPS) is 16.4. The Bertz CT molecular complexity index is 488. The Kier molecular flexibility index (Phi) is 4.83. The molecule has 1 aromatic rings. The third-order valence-electron chi connectivity index (χ3n) is 3.19. The van der Waals surface area contributed by atoms with E-state index < -0.39 is 5.54 Å². The standard InChI is InChI=1S/C13H17N3OS2/c1-10-15-11(8-19-10)7-18-6-3-12(17)16-13(9-14)4-2-5-13/h8H,2-7H2,1H3,(H,16,17). The van der Waals surface area contributed by atoms with Gasteiger partial charge in [0.05, 0.1) is 16.8 Å². The second-order valence-corrected chi connectivity index (χ2v) is 6.92. The SMILES string of the molecule is Cc1nc(CSCCC(=O)NC2(C#N)CCC2)cs1. The molecule has 0 aliphatic heterocycles. The molecule has 1 fully saturated rings. The van der Waals surface area contributed by atoms with Gasteiger partial charge in [-0.25, -0.2) is 4.98 Å². The number of hydrogen-bond acceptors (Lipinski definition) is 5. The third kappa shape index (κ3) is 3.95. The van der Waals surface area contributed by atoms with Crippen LogP contribution in [0.3, 0.4) is 0 Å². The number of nitrogens with one attached hydrogen (secondary N) is 1. The molecule has 2 rings (SSSR count). The van der Waals surface area contributed by atoms with E-state index in [-0.39, 0.29) is 5.91 Å². The van der Waals surface area contributed by atoms with Crippen LogP contribution in [0.4, 0.5) is 0 Å². The first-order valence-corrected chi connectivity index (χ1v) is 8.38. The van der Waals surface area contributed by atoms with Crippen molar-refractivity contribution < 1.29 is 4.79 Å². The van der Waals surface area contributed by atoms with Crippen LogP contribution in [-0.4, -0.2) is 22.2 Å². The van der Waals surface area contributed by atoms with Crippen molar-refractivity contribution in [3.8, 4) is 6.07 Å². The largest absolute Gasteiger partial charge is 0.338 e. The lowest BCUT2D eigenvalue weighted by atomic mass is 9.78. The number of aromatic nitrogens is 1. The summed E-state index contributed by atoms with van der Waals surface area (Å²) >= 11 is 3.36.